The van der Waals surface area contributed by atoms with Crippen molar-refractivity contribution in [1.29, 1.82) is 0 Å². The van der Waals surface area contributed by atoms with Crippen LogP contribution < -0.4 is 14.8 Å². The normalized spacial score (nSPS) is 11.3. The van der Waals surface area contributed by atoms with Crippen molar-refractivity contribution in [1.82, 2.24) is 9.62 Å². The monoisotopic (exact) mass is 438 g/mol. The Morgan fingerprint density at radius 2 is 1.66 bits per heavy atom. The SMILES string of the molecule is COc1ccc(CSCC(=O)NCCOc2ccc(S(=O)(=O)N(C)C)cc2)cc1. The third kappa shape index (κ3) is 7.26. The summed E-state index contributed by atoms with van der Waals surface area (Å²) < 4.78 is 35.8. The molecule has 0 atom stereocenters. The lowest BCUT2D eigenvalue weighted by molar-refractivity contribution is -0.118. The zero-order chi connectivity index (χ0) is 21.3. The molecule has 158 valence electrons. The van der Waals surface area contributed by atoms with Crippen LogP contribution in [0.5, 0.6) is 11.5 Å². The Bertz CT molecular complexity index is 882. The Morgan fingerprint density at radius 1 is 1.03 bits per heavy atom. The van der Waals surface area contributed by atoms with Crippen LogP contribution in [0.3, 0.4) is 0 Å². The number of thioether (sulfide) groups is 1. The molecule has 0 radical (unpaired) electrons. The number of amides is 1. The zero-order valence-corrected chi connectivity index (χ0v) is 18.4. The van der Waals surface area contributed by atoms with Crippen molar-refractivity contribution in [3.8, 4) is 11.5 Å². The van der Waals surface area contributed by atoms with Gasteiger partial charge < -0.3 is 14.8 Å². The Labute approximate surface area is 176 Å². The van der Waals surface area contributed by atoms with Gasteiger partial charge in [-0.1, -0.05) is 12.1 Å². The minimum absolute atomic E-state index is 0.0560. The summed E-state index contributed by atoms with van der Waals surface area (Å²) >= 11 is 1.53. The van der Waals surface area contributed by atoms with Gasteiger partial charge in [-0.05, 0) is 42.0 Å². The first-order chi connectivity index (χ1) is 13.8. The summed E-state index contributed by atoms with van der Waals surface area (Å²) in [6.07, 6.45) is 0. The van der Waals surface area contributed by atoms with Crippen LogP contribution >= 0.6 is 11.8 Å². The van der Waals surface area contributed by atoms with E-state index in [2.05, 4.69) is 5.32 Å². The molecule has 0 fully saturated rings. The van der Waals surface area contributed by atoms with E-state index in [9.17, 15) is 13.2 Å². The Kier molecular flexibility index (Phi) is 8.81. The van der Waals surface area contributed by atoms with Crippen LogP contribution in [0.25, 0.3) is 0 Å². The van der Waals surface area contributed by atoms with E-state index in [1.54, 1.807) is 19.2 Å². The summed E-state index contributed by atoms with van der Waals surface area (Å²) in [5.74, 6) is 2.41. The van der Waals surface area contributed by atoms with Crippen LogP contribution in [0.1, 0.15) is 5.56 Å². The van der Waals surface area contributed by atoms with Crippen molar-refractivity contribution < 1.29 is 22.7 Å². The first-order valence-electron chi connectivity index (χ1n) is 8.95. The molecule has 0 bridgehead atoms. The van der Waals surface area contributed by atoms with Crippen LogP contribution in [0.2, 0.25) is 0 Å². The number of nitrogens with zero attached hydrogens (tertiary/aromatic N) is 1. The van der Waals surface area contributed by atoms with E-state index >= 15 is 0 Å². The van der Waals surface area contributed by atoms with Crippen LogP contribution in [-0.2, 0) is 20.6 Å². The molecular formula is C20H26N2O5S2. The number of benzene rings is 2. The van der Waals surface area contributed by atoms with Crippen LogP contribution in [0, 0.1) is 0 Å². The minimum Gasteiger partial charge on any atom is -0.497 e. The molecule has 0 unspecified atom stereocenters. The Morgan fingerprint density at radius 3 is 2.24 bits per heavy atom. The number of methoxy groups -OCH3 is 1. The molecule has 2 aromatic carbocycles. The van der Waals surface area contributed by atoms with Crippen LogP contribution in [0.15, 0.2) is 53.4 Å². The highest BCUT2D eigenvalue weighted by atomic mass is 32.2. The van der Waals surface area contributed by atoms with Gasteiger partial charge in [-0.3, -0.25) is 4.79 Å². The quantitative estimate of drug-likeness (QED) is 0.542. The van der Waals surface area contributed by atoms with Gasteiger partial charge in [0.2, 0.25) is 15.9 Å². The number of nitrogens with one attached hydrogen (secondary N) is 1. The molecule has 0 heterocycles. The second-order valence-electron chi connectivity index (χ2n) is 6.30. The first kappa shape index (κ1) is 23.1. The second kappa shape index (κ2) is 11.1. The predicted octanol–water partition coefficient (Wildman–Crippen LogP) is 2.37. The predicted molar refractivity (Wildman–Crippen MR) is 115 cm³/mol. The molecule has 7 nitrogen and oxygen atoms in total. The van der Waals surface area contributed by atoms with Gasteiger partial charge in [-0.2, -0.15) is 0 Å². The highest BCUT2D eigenvalue weighted by Crippen LogP contribution is 2.18. The van der Waals surface area contributed by atoms with Crippen LogP contribution in [-0.4, -0.2) is 58.7 Å². The zero-order valence-electron chi connectivity index (χ0n) is 16.8. The molecule has 1 N–H and O–H groups in total. The van der Waals surface area contributed by atoms with Gasteiger partial charge in [0.15, 0.2) is 0 Å². The average molecular weight is 439 g/mol. The molecule has 0 aliphatic heterocycles. The molecule has 2 aromatic rings. The van der Waals surface area contributed by atoms with Crippen molar-refractivity contribution in [3.63, 3.8) is 0 Å². The maximum absolute atomic E-state index is 12.0. The molecule has 29 heavy (non-hydrogen) atoms. The largest absolute Gasteiger partial charge is 0.497 e. The van der Waals surface area contributed by atoms with E-state index in [0.29, 0.717) is 24.7 Å². The molecule has 2 rings (SSSR count). The van der Waals surface area contributed by atoms with Crippen molar-refractivity contribution in [3.05, 3.63) is 54.1 Å². The first-order valence-corrected chi connectivity index (χ1v) is 11.5. The van der Waals surface area contributed by atoms with Crippen molar-refractivity contribution >= 4 is 27.7 Å². The van der Waals surface area contributed by atoms with E-state index in [0.717, 1.165) is 21.4 Å². The maximum atomic E-state index is 12.0. The summed E-state index contributed by atoms with van der Waals surface area (Å²) in [5.41, 5.74) is 1.13. The number of ether oxygens (including phenoxy) is 2. The van der Waals surface area contributed by atoms with E-state index < -0.39 is 10.0 Å². The summed E-state index contributed by atoms with van der Waals surface area (Å²) in [7, 11) is 1.14. The molecule has 0 spiro atoms. The lowest BCUT2D eigenvalue weighted by Gasteiger charge is -2.12. The van der Waals surface area contributed by atoms with Gasteiger partial charge >= 0.3 is 0 Å². The molecule has 0 aromatic heterocycles. The smallest absolute Gasteiger partial charge is 0.242 e. The maximum Gasteiger partial charge on any atom is 0.242 e. The number of rotatable bonds is 11. The molecule has 0 aliphatic rings. The van der Waals surface area contributed by atoms with Crippen molar-refractivity contribution in [2.75, 3.05) is 40.1 Å². The van der Waals surface area contributed by atoms with Crippen LogP contribution in [0.4, 0.5) is 0 Å². The Hall–Kier alpha value is -2.23. The van der Waals surface area contributed by atoms with E-state index in [1.807, 2.05) is 24.3 Å². The van der Waals surface area contributed by atoms with Gasteiger partial charge in [0.05, 0.1) is 24.3 Å². The molecule has 1 amide bonds. The highest BCUT2D eigenvalue weighted by Gasteiger charge is 2.16. The molecule has 0 saturated carbocycles. The average Bonchev–Trinajstić information content (AvgIpc) is 2.72. The van der Waals surface area contributed by atoms with Crippen molar-refractivity contribution in [2.45, 2.75) is 10.6 Å². The van der Waals surface area contributed by atoms with Gasteiger partial charge in [-0.15, -0.1) is 11.8 Å². The number of carbonyl (C=O) groups excluding carboxylic acids is 1. The lowest BCUT2D eigenvalue weighted by Crippen LogP contribution is -2.29. The molecule has 0 aliphatic carbocycles. The van der Waals surface area contributed by atoms with E-state index in [4.69, 9.17) is 9.47 Å². The second-order valence-corrected chi connectivity index (χ2v) is 9.44. The fourth-order valence-corrected chi connectivity index (χ4v) is 4.03. The fraction of sp³-hybridized carbons (Fsp3) is 0.350. The van der Waals surface area contributed by atoms with E-state index in [-0.39, 0.29) is 10.8 Å². The fourth-order valence-electron chi connectivity index (χ4n) is 2.31. The number of hydrogen-bond acceptors (Lipinski definition) is 6. The van der Waals surface area contributed by atoms with Gasteiger partial charge in [0.25, 0.3) is 0 Å². The van der Waals surface area contributed by atoms with Gasteiger partial charge in [0.1, 0.15) is 18.1 Å². The molecular weight excluding hydrogens is 412 g/mol. The third-order valence-electron chi connectivity index (χ3n) is 3.96. The van der Waals surface area contributed by atoms with Gasteiger partial charge in [0, 0.05) is 19.8 Å². The molecule has 9 heteroatoms. The number of sulfonamides is 1. The number of carbonyl (C=O) groups is 1. The van der Waals surface area contributed by atoms with E-state index in [1.165, 1.54) is 38.0 Å². The summed E-state index contributed by atoms with van der Waals surface area (Å²) in [4.78, 5) is 12.1. The van der Waals surface area contributed by atoms with Crippen molar-refractivity contribution in [2.24, 2.45) is 0 Å². The topological polar surface area (TPSA) is 84.9 Å². The third-order valence-corrected chi connectivity index (χ3v) is 6.79. The highest BCUT2D eigenvalue weighted by molar-refractivity contribution is 7.99. The molecule has 0 saturated heterocycles. The van der Waals surface area contributed by atoms with Gasteiger partial charge in [-0.25, -0.2) is 12.7 Å². The minimum atomic E-state index is -3.45. The standard InChI is InChI=1S/C20H26N2O5S2/c1-22(2)29(24,25)19-10-8-18(9-11-19)27-13-12-21-20(23)15-28-14-16-4-6-17(26-3)7-5-16/h4-11H,12-15H2,1-3H3,(H,21,23). The summed E-state index contributed by atoms with van der Waals surface area (Å²) in [5, 5.41) is 2.80. The summed E-state index contributed by atoms with van der Waals surface area (Å²) in [6.45, 7) is 0.675. The Balaban J connectivity index is 1.65. The summed E-state index contributed by atoms with van der Waals surface area (Å²) in [6, 6.07) is 14.0. The lowest BCUT2D eigenvalue weighted by atomic mass is 10.2. The number of hydrogen-bond donors (Lipinski definition) is 1.